The molecule has 0 radical (unpaired) electrons. The van der Waals surface area contributed by atoms with Gasteiger partial charge in [0, 0.05) is 17.3 Å². The van der Waals surface area contributed by atoms with Crippen LogP contribution in [-0.4, -0.2) is 20.4 Å². The zero-order chi connectivity index (χ0) is 18.8. The molecule has 5 nitrogen and oxygen atoms in total. The summed E-state index contributed by atoms with van der Waals surface area (Å²) in [6.07, 6.45) is 0. The van der Waals surface area contributed by atoms with Gasteiger partial charge in [-0.1, -0.05) is 17.7 Å². The third-order valence-electron chi connectivity index (χ3n) is 3.66. The molecule has 2 N–H and O–H groups in total. The summed E-state index contributed by atoms with van der Waals surface area (Å²) in [5.41, 5.74) is 2.71. The fraction of sp³-hybridized carbons (Fsp3) is 0.278. The molecule has 0 aliphatic heterocycles. The number of hydrogen-bond acceptors (Lipinski definition) is 3. The molecule has 0 aliphatic carbocycles. The van der Waals surface area contributed by atoms with Gasteiger partial charge in [-0.05, 0) is 69.2 Å². The molecule has 0 aliphatic rings. The van der Waals surface area contributed by atoms with Gasteiger partial charge < -0.3 is 5.32 Å². The standard InChI is InChI=1S/C18H21ClN2O3S/c1-11(2)20-18(22)14-6-8-16(19)17(10-14)25(23,24)21-15-7-5-12(3)13(4)9-15/h5-11,21H,1-4H3,(H,20,22). The van der Waals surface area contributed by atoms with E-state index >= 15 is 0 Å². The Morgan fingerprint density at radius 2 is 1.72 bits per heavy atom. The van der Waals surface area contributed by atoms with Crippen LogP contribution in [0.1, 0.15) is 35.3 Å². The fourth-order valence-electron chi connectivity index (χ4n) is 2.21. The zero-order valence-corrected chi connectivity index (χ0v) is 16.1. The molecule has 0 atom stereocenters. The Labute approximate surface area is 153 Å². The largest absolute Gasteiger partial charge is 0.350 e. The molecule has 0 spiro atoms. The molecule has 1 amide bonds. The molecule has 0 saturated carbocycles. The lowest BCUT2D eigenvalue weighted by Gasteiger charge is -2.13. The predicted molar refractivity (Wildman–Crippen MR) is 101 cm³/mol. The van der Waals surface area contributed by atoms with Crippen molar-refractivity contribution in [1.82, 2.24) is 5.32 Å². The second kappa shape index (κ2) is 7.45. The molecule has 7 heteroatoms. The normalized spacial score (nSPS) is 11.4. The van der Waals surface area contributed by atoms with Crippen molar-refractivity contribution >= 4 is 33.2 Å². The minimum absolute atomic E-state index is 0.0532. The molecule has 0 heterocycles. The molecule has 2 rings (SSSR count). The van der Waals surface area contributed by atoms with Crippen LogP contribution in [0.3, 0.4) is 0 Å². The summed E-state index contributed by atoms with van der Waals surface area (Å²) in [5, 5.41) is 2.78. The second-order valence-corrected chi connectivity index (χ2v) is 8.24. The smallest absolute Gasteiger partial charge is 0.263 e. The summed E-state index contributed by atoms with van der Waals surface area (Å²) >= 11 is 6.06. The first-order valence-electron chi connectivity index (χ1n) is 7.80. The van der Waals surface area contributed by atoms with Crippen molar-refractivity contribution in [3.8, 4) is 0 Å². The van der Waals surface area contributed by atoms with E-state index in [1.54, 1.807) is 12.1 Å². The van der Waals surface area contributed by atoms with Crippen LogP contribution in [-0.2, 0) is 10.0 Å². The lowest BCUT2D eigenvalue weighted by atomic mass is 10.1. The van der Waals surface area contributed by atoms with Gasteiger partial charge in [0.15, 0.2) is 0 Å². The van der Waals surface area contributed by atoms with Crippen LogP contribution in [0, 0.1) is 13.8 Å². The molecular formula is C18H21ClN2O3S. The second-order valence-electron chi connectivity index (χ2n) is 6.18. The summed E-state index contributed by atoms with van der Waals surface area (Å²) in [5.74, 6) is -0.353. The molecule has 2 aromatic carbocycles. The highest BCUT2D eigenvalue weighted by atomic mass is 35.5. The van der Waals surface area contributed by atoms with Crippen LogP contribution < -0.4 is 10.0 Å². The number of aryl methyl sites for hydroxylation is 2. The van der Waals surface area contributed by atoms with Crippen LogP contribution in [0.2, 0.25) is 5.02 Å². The van der Waals surface area contributed by atoms with Gasteiger partial charge in [0.2, 0.25) is 0 Å². The average molecular weight is 381 g/mol. The van der Waals surface area contributed by atoms with Gasteiger partial charge in [-0.15, -0.1) is 0 Å². The van der Waals surface area contributed by atoms with Crippen LogP contribution in [0.5, 0.6) is 0 Å². The Balaban J connectivity index is 2.37. The first-order valence-corrected chi connectivity index (χ1v) is 9.67. The molecule has 0 unspecified atom stereocenters. The summed E-state index contributed by atoms with van der Waals surface area (Å²) in [6, 6.07) is 9.39. The molecule has 0 bridgehead atoms. The van der Waals surface area contributed by atoms with E-state index in [0.717, 1.165) is 11.1 Å². The minimum atomic E-state index is -3.92. The van der Waals surface area contributed by atoms with E-state index in [1.807, 2.05) is 33.8 Å². The number of benzene rings is 2. The molecule has 0 saturated heterocycles. The number of rotatable bonds is 5. The monoisotopic (exact) mass is 380 g/mol. The number of anilines is 1. The van der Waals surface area contributed by atoms with Crippen LogP contribution >= 0.6 is 11.6 Å². The number of carbonyl (C=O) groups excluding carboxylic acids is 1. The van der Waals surface area contributed by atoms with Gasteiger partial charge in [-0.25, -0.2) is 8.42 Å². The predicted octanol–water partition coefficient (Wildman–Crippen LogP) is 3.90. The number of hydrogen-bond donors (Lipinski definition) is 2. The quantitative estimate of drug-likeness (QED) is 0.826. The van der Waals surface area contributed by atoms with Gasteiger partial charge >= 0.3 is 0 Å². The first kappa shape index (κ1) is 19.3. The third kappa shape index (κ3) is 4.74. The highest BCUT2D eigenvalue weighted by molar-refractivity contribution is 7.92. The molecule has 0 aromatic heterocycles. The Bertz CT molecular complexity index is 909. The fourth-order valence-corrected chi connectivity index (χ4v) is 3.79. The Kier molecular flexibility index (Phi) is 5.75. The van der Waals surface area contributed by atoms with Gasteiger partial charge in [-0.3, -0.25) is 9.52 Å². The van der Waals surface area contributed by atoms with Crippen molar-refractivity contribution in [2.24, 2.45) is 0 Å². The van der Waals surface area contributed by atoms with E-state index in [4.69, 9.17) is 11.6 Å². The Morgan fingerprint density at radius 1 is 1.04 bits per heavy atom. The summed E-state index contributed by atoms with van der Waals surface area (Å²) in [7, 11) is -3.92. The van der Waals surface area contributed by atoms with E-state index in [9.17, 15) is 13.2 Å². The highest BCUT2D eigenvalue weighted by Gasteiger charge is 2.21. The average Bonchev–Trinajstić information content (AvgIpc) is 2.50. The van der Waals surface area contributed by atoms with E-state index < -0.39 is 10.0 Å². The number of nitrogens with one attached hydrogen (secondary N) is 2. The van der Waals surface area contributed by atoms with E-state index in [0.29, 0.717) is 5.69 Å². The minimum Gasteiger partial charge on any atom is -0.350 e. The maximum absolute atomic E-state index is 12.7. The molecule has 2 aromatic rings. The Morgan fingerprint density at radius 3 is 2.32 bits per heavy atom. The number of halogens is 1. The summed E-state index contributed by atoms with van der Waals surface area (Å²) < 4.78 is 27.9. The SMILES string of the molecule is Cc1ccc(NS(=O)(=O)c2cc(C(=O)NC(C)C)ccc2Cl)cc1C. The maximum Gasteiger partial charge on any atom is 0.263 e. The lowest BCUT2D eigenvalue weighted by Crippen LogP contribution is -2.30. The lowest BCUT2D eigenvalue weighted by molar-refractivity contribution is 0.0943. The maximum atomic E-state index is 12.7. The first-order chi connectivity index (χ1) is 11.6. The van der Waals surface area contributed by atoms with Gasteiger partial charge in [0.05, 0.1) is 5.02 Å². The van der Waals surface area contributed by atoms with Crippen molar-refractivity contribution in [2.75, 3.05) is 4.72 Å². The highest BCUT2D eigenvalue weighted by Crippen LogP contribution is 2.26. The summed E-state index contributed by atoms with van der Waals surface area (Å²) in [6.45, 7) is 7.50. The molecular weight excluding hydrogens is 360 g/mol. The van der Waals surface area contributed by atoms with E-state index in [1.165, 1.54) is 18.2 Å². The van der Waals surface area contributed by atoms with Crippen molar-refractivity contribution in [3.63, 3.8) is 0 Å². The number of carbonyl (C=O) groups is 1. The van der Waals surface area contributed by atoms with Crippen LogP contribution in [0.25, 0.3) is 0 Å². The van der Waals surface area contributed by atoms with Crippen molar-refractivity contribution in [2.45, 2.75) is 38.6 Å². The Hall–Kier alpha value is -2.05. The van der Waals surface area contributed by atoms with E-state index in [-0.39, 0.29) is 27.4 Å². The third-order valence-corrected chi connectivity index (χ3v) is 5.52. The van der Waals surface area contributed by atoms with Gasteiger partial charge in [0.25, 0.3) is 15.9 Å². The molecule has 25 heavy (non-hydrogen) atoms. The summed E-state index contributed by atoms with van der Waals surface area (Å²) in [4.78, 5) is 12.0. The van der Waals surface area contributed by atoms with Crippen molar-refractivity contribution in [1.29, 1.82) is 0 Å². The van der Waals surface area contributed by atoms with Crippen LogP contribution in [0.15, 0.2) is 41.3 Å². The topological polar surface area (TPSA) is 75.3 Å². The van der Waals surface area contributed by atoms with E-state index in [2.05, 4.69) is 10.0 Å². The van der Waals surface area contributed by atoms with Gasteiger partial charge in [-0.2, -0.15) is 0 Å². The molecule has 0 fully saturated rings. The van der Waals surface area contributed by atoms with Crippen molar-refractivity contribution < 1.29 is 13.2 Å². The van der Waals surface area contributed by atoms with Gasteiger partial charge in [0.1, 0.15) is 4.90 Å². The zero-order valence-electron chi connectivity index (χ0n) is 14.6. The number of amides is 1. The van der Waals surface area contributed by atoms with Crippen molar-refractivity contribution in [3.05, 3.63) is 58.1 Å². The van der Waals surface area contributed by atoms with Crippen LogP contribution in [0.4, 0.5) is 5.69 Å². The molecule has 134 valence electrons. The number of sulfonamides is 1.